The van der Waals surface area contributed by atoms with Crippen LogP contribution < -0.4 is 5.73 Å². The third kappa shape index (κ3) is 2.16. The first-order valence-corrected chi connectivity index (χ1v) is 5.27. The maximum absolute atomic E-state index is 5.63. The van der Waals surface area contributed by atoms with Gasteiger partial charge in [0.15, 0.2) is 5.16 Å². The summed E-state index contributed by atoms with van der Waals surface area (Å²) in [6, 6.07) is 1.92. The fourth-order valence-corrected chi connectivity index (χ4v) is 2.02. The zero-order valence-electron chi connectivity index (χ0n) is 8.29. The molecule has 0 saturated heterocycles. The van der Waals surface area contributed by atoms with Gasteiger partial charge in [-0.15, -0.1) is 0 Å². The lowest BCUT2D eigenvalue weighted by atomic mass is 10.3. The summed E-state index contributed by atoms with van der Waals surface area (Å²) < 4.78 is 1.72. The number of aromatic nitrogens is 4. The Balaban J connectivity index is 2.28. The lowest BCUT2D eigenvalue weighted by Crippen LogP contribution is -1.99. The van der Waals surface area contributed by atoms with E-state index in [1.54, 1.807) is 17.1 Å². The van der Waals surface area contributed by atoms with Gasteiger partial charge in [-0.3, -0.25) is 4.98 Å². The molecule has 2 heterocycles. The maximum atomic E-state index is 5.63. The molecule has 0 aromatic carbocycles. The number of pyridine rings is 1. The molecule has 0 radical (unpaired) electrons. The van der Waals surface area contributed by atoms with Crippen molar-refractivity contribution in [1.29, 1.82) is 0 Å². The van der Waals surface area contributed by atoms with E-state index in [0.29, 0.717) is 6.54 Å². The zero-order valence-corrected chi connectivity index (χ0v) is 9.11. The predicted octanol–water partition coefficient (Wildman–Crippen LogP) is 0.820. The Kier molecular flexibility index (Phi) is 2.98. The monoisotopic (exact) mass is 221 g/mol. The second kappa shape index (κ2) is 4.41. The molecular weight excluding hydrogens is 210 g/mol. The van der Waals surface area contributed by atoms with Crippen molar-refractivity contribution in [2.24, 2.45) is 12.8 Å². The van der Waals surface area contributed by atoms with Crippen LogP contribution in [0.4, 0.5) is 0 Å². The van der Waals surface area contributed by atoms with Gasteiger partial charge in [-0.2, -0.15) is 5.10 Å². The van der Waals surface area contributed by atoms with Crippen molar-refractivity contribution in [3.63, 3.8) is 0 Å². The topological polar surface area (TPSA) is 69.6 Å². The summed E-state index contributed by atoms with van der Waals surface area (Å²) in [5.74, 6) is 0. The molecule has 0 atom stereocenters. The molecular formula is C9H11N5S. The van der Waals surface area contributed by atoms with Crippen LogP contribution in [0.5, 0.6) is 0 Å². The Labute approximate surface area is 91.7 Å². The van der Waals surface area contributed by atoms with Crippen molar-refractivity contribution in [2.75, 3.05) is 0 Å². The lowest BCUT2D eigenvalue weighted by molar-refractivity contribution is 0.685. The van der Waals surface area contributed by atoms with Crippen LogP contribution in [-0.4, -0.2) is 19.7 Å². The highest BCUT2D eigenvalue weighted by atomic mass is 32.2. The predicted molar refractivity (Wildman–Crippen MR) is 57.3 cm³/mol. The van der Waals surface area contributed by atoms with Gasteiger partial charge in [-0.1, -0.05) is 0 Å². The normalized spacial score (nSPS) is 10.5. The van der Waals surface area contributed by atoms with Gasteiger partial charge in [0.05, 0.1) is 0 Å². The molecule has 0 fully saturated rings. The summed E-state index contributed by atoms with van der Waals surface area (Å²) in [7, 11) is 1.85. The van der Waals surface area contributed by atoms with Gasteiger partial charge in [-0.25, -0.2) is 9.67 Å². The van der Waals surface area contributed by atoms with E-state index in [1.165, 1.54) is 18.1 Å². The van der Waals surface area contributed by atoms with Gasteiger partial charge in [0.1, 0.15) is 6.33 Å². The van der Waals surface area contributed by atoms with Crippen molar-refractivity contribution in [1.82, 2.24) is 19.7 Å². The number of nitrogens with zero attached hydrogens (tertiary/aromatic N) is 4. The largest absolute Gasteiger partial charge is 0.326 e. The second-order valence-corrected chi connectivity index (χ2v) is 3.96. The van der Waals surface area contributed by atoms with Crippen LogP contribution in [0.25, 0.3) is 0 Å². The first-order chi connectivity index (χ1) is 7.31. The SMILES string of the molecule is Cn1ncnc1Sc1cnccc1CN. The minimum Gasteiger partial charge on any atom is -0.326 e. The number of rotatable bonds is 3. The highest BCUT2D eigenvalue weighted by molar-refractivity contribution is 7.99. The summed E-state index contributed by atoms with van der Waals surface area (Å²) in [5, 5.41) is 4.83. The quantitative estimate of drug-likeness (QED) is 0.831. The van der Waals surface area contributed by atoms with Gasteiger partial charge in [0, 0.05) is 30.9 Å². The van der Waals surface area contributed by atoms with Crippen LogP contribution >= 0.6 is 11.8 Å². The first kappa shape index (κ1) is 10.1. The Hall–Kier alpha value is -1.40. The smallest absolute Gasteiger partial charge is 0.190 e. The number of hydrogen-bond donors (Lipinski definition) is 1. The van der Waals surface area contributed by atoms with E-state index >= 15 is 0 Å². The van der Waals surface area contributed by atoms with Crippen LogP contribution in [0, 0.1) is 0 Å². The molecule has 0 amide bonds. The van der Waals surface area contributed by atoms with E-state index in [2.05, 4.69) is 15.1 Å². The van der Waals surface area contributed by atoms with E-state index in [0.717, 1.165) is 15.6 Å². The van der Waals surface area contributed by atoms with Gasteiger partial charge in [0.25, 0.3) is 0 Å². The molecule has 0 aliphatic carbocycles. The molecule has 15 heavy (non-hydrogen) atoms. The molecule has 78 valence electrons. The molecule has 2 aromatic heterocycles. The van der Waals surface area contributed by atoms with Crippen LogP contribution in [0.15, 0.2) is 34.8 Å². The van der Waals surface area contributed by atoms with Crippen molar-refractivity contribution in [3.05, 3.63) is 30.4 Å². The summed E-state index contributed by atoms with van der Waals surface area (Å²) in [4.78, 5) is 9.23. The Morgan fingerprint density at radius 2 is 2.40 bits per heavy atom. The summed E-state index contributed by atoms with van der Waals surface area (Å²) in [6.45, 7) is 0.503. The van der Waals surface area contributed by atoms with E-state index < -0.39 is 0 Å². The first-order valence-electron chi connectivity index (χ1n) is 4.46. The molecule has 0 bridgehead atoms. The van der Waals surface area contributed by atoms with Crippen LogP contribution in [-0.2, 0) is 13.6 Å². The van der Waals surface area contributed by atoms with E-state index in [4.69, 9.17) is 5.73 Å². The maximum Gasteiger partial charge on any atom is 0.190 e. The summed E-state index contributed by atoms with van der Waals surface area (Å²) in [6.07, 6.45) is 5.06. The fraction of sp³-hybridized carbons (Fsp3) is 0.222. The second-order valence-electron chi connectivity index (χ2n) is 2.96. The molecule has 0 spiro atoms. The number of aryl methyl sites for hydroxylation is 1. The lowest BCUT2D eigenvalue weighted by Gasteiger charge is -2.04. The van der Waals surface area contributed by atoms with Crippen LogP contribution in [0.2, 0.25) is 0 Å². The summed E-state index contributed by atoms with van der Waals surface area (Å²) >= 11 is 1.52. The highest BCUT2D eigenvalue weighted by Crippen LogP contribution is 2.27. The molecule has 0 aliphatic heterocycles. The van der Waals surface area contributed by atoms with E-state index in [9.17, 15) is 0 Å². The van der Waals surface area contributed by atoms with E-state index in [1.807, 2.05) is 13.1 Å². The van der Waals surface area contributed by atoms with Crippen LogP contribution in [0.1, 0.15) is 5.56 Å². The number of hydrogen-bond acceptors (Lipinski definition) is 5. The molecule has 0 aliphatic rings. The van der Waals surface area contributed by atoms with Crippen molar-refractivity contribution in [3.8, 4) is 0 Å². The number of nitrogens with two attached hydrogens (primary N) is 1. The highest BCUT2D eigenvalue weighted by Gasteiger charge is 2.06. The minimum atomic E-state index is 0.503. The molecule has 0 unspecified atom stereocenters. The van der Waals surface area contributed by atoms with E-state index in [-0.39, 0.29) is 0 Å². The molecule has 0 saturated carbocycles. The molecule has 5 nitrogen and oxygen atoms in total. The Bertz CT molecular complexity index is 453. The van der Waals surface area contributed by atoms with Gasteiger partial charge >= 0.3 is 0 Å². The average Bonchev–Trinajstić information content (AvgIpc) is 2.65. The van der Waals surface area contributed by atoms with Crippen molar-refractivity contribution in [2.45, 2.75) is 16.6 Å². The van der Waals surface area contributed by atoms with Crippen LogP contribution in [0.3, 0.4) is 0 Å². The van der Waals surface area contributed by atoms with Crippen molar-refractivity contribution >= 4 is 11.8 Å². The molecule has 2 aromatic rings. The molecule has 2 N–H and O–H groups in total. The zero-order chi connectivity index (χ0) is 10.7. The van der Waals surface area contributed by atoms with Gasteiger partial charge in [-0.05, 0) is 23.4 Å². The van der Waals surface area contributed by atoms with Gasteiger partial charge < -0.3 is 5.73 Å². The fourth-order valence-electron chi connectivity index (χ4n) is 1.15. The third-order valence-corrected chi connectivity index (χ3v) is 3.10. The Morgan fingerprint density at radius 1 is 1.53 bits per heavy atom. The molecule has 6 heteroatoms. The standard InChI is InChI=1S/C9H11N5S/c1-14-9(12-6-13-14)15-8-5-11-3-2-7(8)4-10/h2-3,5-6H,4,10H2,1H3. The molecule has 2 rings (SSSR count). The minimum absolute atomic E-state index is 0.503. The third-order valence-electron chi connectivity index (χ3n) is 1.96. The van der Waals surface area contributed by atoms with Gasteiger partial charge in [0.2, 0.25) is 0 Å². The summed E-state index contributed by atoms with van der Waals surface area (Å²) in [5.41, 5.74) is 6.70. The Morgan fingerprint density at radius 3 is 3.07 bits per heavy atom. The van der Waals surface area contributed by atoms with Crippen molar-refractivity contribution < 1.29 is 0 Å². The average molecular weight is 221 g/mol.